The van der Waals surface area contributed by atoms with Gasteiger partial charge in [0, 0.05) is 6.04 Å². The van der Waals surface area contributed by atoms with Crippen LogP contribution in [-0.4, -0.2) is 17.5 Å². The quantitative estimate of drug-likeness (QED) is 0.770. The van der Waals surface area contributed by atoms with E-state index in [1.54, 1.807) is 12.1 Å². The molecule has 1 aromatic carbocycles. The molecule has 0 radical (unpaired) electrons. The number of hydrogen-bond donors (Lipinski definition) is 2. The fourth-order valence-corrected chi connectivity index (χ4v) is 2.93. The van der Waals surface area contributed by atoms with Crippen LogP contribution in [0.25, 0.3) is 0 Å². The predicted octanol–water partition coefficient (Wildman–Crippen LogP) is 2.45. The second kappa shape index (κ2) is 5.13. The molecule has 2 rings (SSSR count). The molecule has 1 heterocycles. The van der Waals surface area contributed by atoms with Crippen molar-refractivity contribution in [1.82, 2.24) is 0 Å². The second-order valence-electron chi connectivity index (χ2n) is 3.94. The number of nitrogen functional groups attached to an aromatic ring is 1. The van der Waals surface area contributed by atoms with Crippen LogP contribution < -0.4 is 11.1 Å². The summed E-state index contributed by atoms with van der Waals surface area (Å²) in [7, 11) is 0. The van der Waals surface area contributed by atoms with Gasteiger partial charge in [-0.3, -0.25) is 0 Å². The first-order valence-corrected chi connectivity index (χ1v) is 6.59. The van der Waals surface area contributed by atoms with Crippen molar-refractivity contribution in [3.05, 3.63) is 23.8 Å². The van der Waals surface area contributed by atoms with E-state index in [0.29, 0.717) is 17.3 Å². The number of rotatable bonds is 2. The molecule has 84 valence electrons. The van der Waals surface area contributed by atoms with Gasteiger partial charge in [0.2, 0.25) is 0 Å². The van der Waals surface area contributed by atoms with E-state index in [4.69, 9.17) is 11.0 Å². The van der Waals surface area contributed by atoms with Gasteiger partial charge in [0.05, 0.1) is 23.0 Å². The average Bonchev–Trinajstić information content (AvgIpc) is 2.33. The third-order valence-electron chi connectivity index (χ3n) is 2.76. The average molecular weight is 233 g/mol. The minimum Gasteiger partial charge on any atom is -0.397 e. The van der Waals surface area contributed by atoms with Gasteiger partial charge < -0.3 is 11.1 Å². The largest absolute Gasteiger partial charge is 0.397 e. The van der Waals surface area contributed by atoms with Crippen LogP contribution in [0, 0.1) is 11.3 Å². The van der Waals surface area contributed by atoms with E-state index in [9.17, 15) is 0 Å². The molecule has 1 fully saturated rings. The zero-order valence-electron chi connectivity index (χ0n) is 9.07. The molecule has 1 saturated heterocycles. The zero-order valence-corrected chi connectivity index (χ0v) is 9.89. The van der Waals surface area contributed by atoms with Crippen LogP contribution >= 0.6 is 11.8 Å². The van der Waals surface area contributed by atoms with Crippen molar-refractivity contribution >= 4 is 23.1 Å². The second-order valence-corrected chi connectivity index (χ2v) is 5.17. The third-order valence-corrected chi connectivity index (χ3v) is 3.81. The maximum absolute atomic E-state index is 8.75. The Morgan fingerprint density at radius 3 is 2.75 bits per heavy atom. The van der Waals surface area contributed by atoms with Crippen LogP contribution in [0.4, 0.5) is 11.4 Å². The van der Waals surface area contributed by atoms with E-state index in [-0.39, 0.29) is 0 Å². The molecule has 1 aliphatic rings. The van der Waals surface area contributed by atoms with Gasteiger partial charge in [-0.25, -0.2) is 0 Å². The summed E-state index contributed by atoms with van der Waals surface area (Å²) < 4.78 is 0. The van der Waals surface area contributed by atoms with Crippen LogP contribution in [0.15, 0.2) is 18.2 Å². The summed E-state index contributed by atoms with van der Waals surface area (Å²) in [6.07, 6.45) is 2.37. The Kier molecular flexibility index (Phi) is 3.58. The van der Waals surface area contributed by atoms with E-state index < -0.39 is 0 Å². The number of nitrogens with one attached hydrogen (secondary N) is 1. The highest BCUT2D eigenvalue weighted by Gasteiger charge is 2.14. The summed E-state index contributed by atoms with van der Waals surface area (Å²) >= 11 is 2.01. The molecule has 0 atom stereocenters. The van der Waals surface area contributed by atoms with Crippen molar-refractivity contribution in [3.8, 4) is 6.07 Å². The first kappa shape index (κ1) is 11.2. The SMILES string of the molecule is N#Cc1ccc(NC2CCSCC2)c(N)c1. The molecule has 16 heavy (non-hydrogen) atoms. The highest BCUT2D eigenvalue weighted by molar-refractivity contribution is 7.99. The van der Waals surface area contributed by atoms with Crippen LogP contribution in [0.5, 0.6) is 0 Å². The standard InChI is InChI=1S/C12H15N3S/c13-8-9-1-2-12(11(14)7-9)15-10-3-5-16-6-4-10/h1-2,7,10,15H,3-6,14H2. The number of benzene rings is 1. The number of nitrogens with two attached hydrogens (primary N) is 1. The van der Waals surface area contributed by atoms with E-state index in [1.807, 2.05) is 17.8 Å². The lowest BCUT2D eigenvalue weighted by molar-refractivity contribution is 0.667. The molecule has 3 N–H and O–H groups in total. The molecule has 0 amide bonds. The van der Waals surface area contributed by atoms with Crippen molar-refractivity contribution in [2.75, 3.05) is 22.6 Å². The van der Waals surface area contributed by atoms with Crippen molar-refractivity contribution < 1.29 is 0 Å². The molecule has 1 aromatic rings. The van der Waals surface area contributed by atoms with Crippen LogP contribution in [0.3, 0.4) is 0 Å². The van der Waals surface area contributed by atoms with Gasteiger partial charge in [0.15, 0.2) is 0 Å². The first-order chi connectivity index (χ1) is 7.79. The van der Waals surface area contributed by atoms with Gasteiger partial charge in [-0.2, -0.15) is 17.0 Å². The van der Waals surface area contributed by atoms with Gasteiger partial charge in [0.25, 0.3) is 0 Å². The summed E-state index contributed by atoms with van der Waals surface area (Å²) in [5.74, 6) is 2.43. The fraction of sp³-hybridized carbons (Fsp3) is 0.417. The lowest BCUT2D eigenvalue weighted by atomic mass is 10.1. The van der Waals surface area contributed by atoms with Crippen LogP contribution in [0.1, 0.15) is 18.4 Å². The van der Waals surface area contributed by atoms with E-state index in [1.165, 1.54) is 24.3 Å². The maximum atomic E-state index is 8.75. The Morgan fingerprint density at radius 2 is 2.12 bits per heavy atom. The van der Waals surface area contributed by atoms with Crippen molar-refractivity contribution in [3.63, 3.8) is 0 Å². The van der Waals surface area contributed by atoms with Gasteiger partial charge >= 0.3 is 0 Å². The van der Waals surface area contributed by atoms with Crippen molar-refractivity contribution in [2.45, 2.75) is 18.9 Å². The van der Waals surface area contributed by atoms with Crippen molar-refractivity contribution in [2.24, 2.45) is 0 Å². The van der Waals surface area contributed by atoms with E-state index >= 15 is 0 Å². The zero-order chi connectivity index (χ0) is 11.4. The highest BCUT2D eigenvalue weighted by atomic mass is 32.2. The molecule has 0 saturated carbocycles. The lowest BCUT2D eigenvalue weighted by Crippen LogP contribution is -2.24. The van der Waals surface area contributed by atoms with E-state index in [2.05, 4.69) is 11.4 Å². The van der Waals surface area contributed by atoms with Gasteiger partial charge in [-0.1, -0.05) is 0 Å². The summed E-state index contributed by atoms with van der Waals surface area (Å²) in [5.41, 5.74) is 8.13. The van der Waals surface area contributed by atoms with Gasteiger partial charge in [-0.05, 0) is 42.5 Å². The molecular formula is C12H15N3S. The topological polar surface area (TPSA) is 61.8 Å². The molecule has 0 bridgehead atoms. The fourth-order valence-electron chi connectivity index (χ4n) is 1.83. The van der Waals surface area contributed by atoms with Crippen LogP contribution in [-0.2, 0) is 0 Å². The van der Waals surface area contributed by atoms with Gasteiger partial charge in [-0.15, -0.1) is 0 Å². The Bertz CT molecular complexity index is 405. The minimum absolute atomic E-state index is 0.525. The molecule has 0 aromatic heterocycles. The molecule has 3 nitrogen and oxygen atoms in total. The maximum Gasteiger partial charge on any atom is 0.0992 e. The Balaban J connectivity index is 2.06. The number of thioether (sulfide) groups is 1. The van der Waals surface area contributed by atoms with E-state index in [0.717, 1.165) is 5.69 Å². The molecule has 1 aliphatic heterocycles. The summed E-state index contributed by atoms with van der Waals surface area (Å²) in [6, 6.07) is 8.03. The number of nitrogens with zero attached hydrogens (tertiary/aromatic N) is 1. The summed E-state index contributed by atoms with van der Waals surface area (Å²) in [4.78, 5) is 0. The van der Waals surface area contributed by atoms with Gasteiger partial charge in [0.1, 0.15) is 0 Å². The number of hydrogen-bond acceptors (Lipinski definition) is 4. The first-order valence-electron chi connectivity index (χ1n) is 5.43. The normalized spacial score (nSPS) is 16.7. The minimum atomic E-state index is 0.525. The molecule has 0 aliphatic carbocycles. The number of anilines is 2. The molecule has 0 unspecified atom stereocenters. The molecule has 0 spiro atoms. The Labute approximate surface area is 100 Å². The van der Waals surface area contributed by atoms with Crippen molar-refractivity contribution in [1.29, 1.82) is 5.26 Å². The number of nitriles is 1. The Hall–Kier alpha value is -1.34. The predicted molar refractivity (Wildman–Crippen MR) is 69.5 cm³/mol. The lowest BCUT2D eigenvalue weighted by Gasteiger charge is -2.24. The molecular weight excluding hydrogens is 218 g/mol. The molecule has 4 heteroatoms. The van der Waals surface area contributed by atoms with Crippen LogP contribution in [0.2, 0.25) is 0 Å². The Morgan fingerprint density at radius 1 is 1.38 bits per heavy atom. The third kappa shape index (κ3) is 2.61. The summed E-state index contributed by atoms with van der Waals surface area (Å²) in [6.45, 7) is 0. The summed E-state index contributed by atoms with van der Waals surface area (Å²) in [5, 5.41) is 12.2. The monoisotopic (exact) mass is 233 g/mol. The highest BCUT2D eigenvalue weighted by Crippen LogP contribution is 2.25. The smallest absolute Gasteiger partial charge is 0.0992 e.